The Morgan fingerprint density at radius 2 is 1.76 bits per heavy atom. The minimum Gasteiger partial charge on any atom is -0.494 e. The summed E-state index contributed by atoms with van der Waals surface area (Å²) in [6.07, 6.45) is 3.39. The molecule has 4 rings (SSSR count). The summed E-state index contributed by atoms with van der Waals surface area (Å²) in [5.74, 6) is -0.302. The molecule has 1 amide bonds. The van der Waals surface area contributed by atoms with Crippen molar-refractivity contribution in [1.29, 1.82) is 0 Å². The first-order valence-corrected chi connectivity index (χ1v) is 11.5. The van der Waals surface area contributed by atoms with Crippen LogP contribution in [0.4, 0.5) is 5.69 Å². The van der Waals surface area contributed by atoms with E-state index in [1.807, 2.05) is 31.2 Å². The molecule has 4 aromatic rings. The summed E-state index contributed by atoms with van der Waals surface area (Å²) >= 11 is 6.84. The van der Waals surface area contributed by atoms with Gasteiger partial charge < -0.3 is 14.6 Å². The lowest BCUT2D eigenvalue weighted by Crippen LogP contribution is -2.40. The van der Waals surface area contributed by atoms with Gasteiger partial charge in [-0.3, -0.25) is 19.0 Å². The number of nitrogens with zero attached hydrogens (tertiary/aromatic N) is 3. The average Bonchev–Trinajstić information content (AvgIpc) is 2.90. The van der Waals surface area contributed by atoms with Gasteiger partial charge in [0.1, 0.15) is 17.0 Å². The molecule has 0 bridgehead atoms. The van der Waals surface area contributed by atoms with Crippen LogP contribution in [0, 0.1) is 6.92 Å². The zero-order valence-corrected chi connectivity index (χ0v) is 21.3. The molecule has 2 aromatic carbocycles. The highest BCUT2D eigenvalue weighted by atomic mass is 35.5. The number of pyridine rings is 1. The maximum Gasteiger partial charge on any atom is 0.330 e. The van der Waals surface area contributed by atoms with Crippen molar-refractivity contribution in [2.75, 3.05) is 12.4 Å². The van der Waals surface area contributed by atoms with Gasteiger partial charge in [0.25, 0.3) is 11.5 Å². The van der Waals surface area contributed by atoms with Gasteiger partial charge in [-0.15, -0.1) is 0 Å². The van der Waals surface area contributed by atoms with Crippen molar-refractivity contribution < 1.29 is 14.3 Å². The molecule has 10 heteroatoms. The Kier molecular flexibility index (Phi) is 7.08. The predicted molar refractivity (Wildman–Crippen MR) is 142 cm³/mol. The zero-order chi connectivity index (χ0) is 26.9. The largest absolute Gasteiger partial charge is 0.494 e. The van der Waals surface area contributed by atoms with Crippen molar-refractivity contribution in [2.24, 2.45) is 14.1 Å². The maximum atomic E-state index is 13.0. The van der Waals surface area contributed by atoms with Crippen LogP contribution in [0.25, 0.3) is 22.3 Å². The molecule has 0 radical (unpaired) electrons. The first-order valence-electron chi connectivity index (χ1n) is 11.1. The van der Waals surface area contributed by atoms with Gasteiger partial charge in [-0.25, -0.2) is 9.78 Å². The monoisotopic (exact) mass is 518 g/mol. The number of amides is 1. The lowest BCUT2D eigenvalue weighted by atomic mass is 9.95. The van der Waals surface area contributed by atoms with Crippen LogP contribution in [0.2, 0.25) is 5.02 Å². The molecule has 0 spiro atoms. The van der Waals surface area contributed by atoms with E-state index in [9.17, 15) is 19.2 Å². The lowest BCUT2D eigenvalue weighted by Gasteiger charge is -2.16. The summed E-state index contributed by atoms with van der Waals surface area (Å²) in [5.41, 5.74) is 2.86. The fourth-order valence-electron chi connectivity index (χ4n) is 4.03. The predicted octanol–water partition coefficient (Wildman–Crippen LogP) is 3.85. The third kappa shape index (κ3) is 4.68. The number of anilines is 1. The van der Waals surface area contributed by atoms with E-state index in [1.165, 1.54) is 32.0 Å². The molecule has 0 saturated heterocycles. The SMILES string of the molecule is COc1cc(-c2cccc(-c3cccc(NC(=O)c4cn(C)c(=O)n(C)c4=O)c3C)c2Cl)cnc1C=O. The number of methoxy groups -OCH3 is 1. The van der Waals surface area contributed by atoms with Gasteiger partial charge in [0, 0.05) is 48.9 Å². The quantitative estimate of drug-likeness (QED) is 0.388. The highest BCUT2D eigenvalue weighted by Crippen LogP contribution is 2.39. The molecule has 37 heavy (non-hydrogen) atoms. The van der Waals surface area contributed by atoms with Gasteiger partial charge in [-0.2, -0.15) is 0 Å². The normalized spacial score (nSPS) is 10.7. The molecular formula is C27H23ClN4O5. The number of nitrogens with one attached hydrogen (secondary N) is 1. The first kappa shape index (κ1) is 25.6. The lowest BCUT2D eigenvalue weighted by molar-refractivity contribution is 0.102. The Hall–Kier alpha value is -4.50. The van der Waals surface area contributed by atoms with Crippen molar-refractivity contribution in [2.45, 2.75) is 6.92 Å². The summed E-state index contributed by atoms with van der Waals surface area (Å²) in [4.78, 5) is 52.8. The number of ether oxygens (including phenoxy) is 1. The first-order chi connectivity index (χ1) is 17.7. The van der Waals surface area contributed by atoms with E-state index < -0.39 is 17.2 Å². The minimum absolute atomic E-state index is 0.158. The molecule has 0 saturated carbocycles. The summed E-state index contributed by atoms with van der Waals surface area (Å²) in [6.45, 7) is 1.83. The Morgan fingerprint density at radius 1 is 1.08 bits per heavy atom. The van der Waals surface area contributed by atoms with Gasteiger partial charge >= 0.3 is 5.69 Å². The van der Waals surface area contributed by atoms with Gasteiger partial charge in [0.15, 0.2) is 6.29 Å². The molecule has 0 atom stereocenters. The Morgan fingerprint density at radius 3 is 2.46 bits per heavy atom. The molecule has 2 aromatic heterocycles. The number of rotatable bonds is 6. The van der Waals surface area contributed by atoms with E-state index in [2.05, 4.69) is 10.3 Å². The minimum atomic E-state index is -0.685. The van der Waals surface area contributed by atoms with Crippen LogP contribution in [0.3, 0.4) is 0 Å². The maximum absolute atomic E-state index is 13.0. The smallest absolute Gasteiger partial charge is 0.330 e. The number of benzene rings is 2. The molecule has 0 fully saturated rings. The Bertz CT molecular complexity index is 1670. The number of halogens is 1. The molecule has 188 valence electrons. The second-order valence-electron chi connectivity index (χ2n) is 8.33. The summed E-state index contributed by atoms with van der Waals surface area (Å²) in [5, 5.41) is 3.22. The zero-order valence-electron chi connectivity index (χ0n) is 20.5. The number of aromatic nitrogens is 3. The third-order valence-corrected chi connectivity index (χ3v) is 6.49. The highest BCUT2D eigenvalue weighted by molar-refractivity contribution is 6.36. The van der Waals surface area contributed by atoms with Crippen molar-refractivity contribution in [3.63, 3.8) is 0 Å². The van der Waals surface area contributed by atoms with Crippen molar-refractivity contribution in [3.8, 4) is 28.0 Å². The van der Waals surface area contributed by atoms with Crippen LogP contribution >= 0.6 is 11.6 Å². The Labute approximate surface area is 216 Å². The van der Waals surface area contributed by atoms with E-state index >= 15 is 0 Å². The van der Waals surface area contributed by atoms with Crippen LogP contribution in [0.15, 0.2) is 64.4 Å². The number of aldehydes is 1. The third-order valence-electron chi connectivity index (χ3n) is 6.09. The number of carbonyl (C=O) groups is 2. The van der Waals surface area contributed by atoms with Crippen LogP contribution in [-0.4, -0.2) is 33.4 Å². The van der Waals surface area contributed by atoms with E-state index in [4.69, 9.17) is 16.3 Å². The number of hydrogen-bond donors (Lipinski definition) is 1. The number of hydrogen-bond acceptors (Lipinski definition) is 6. The average molecular weight is 519 g/mol. The van der Waals surface area contributed by atoms with Crippen LogP contribution in [0.1, 0.15) is 26.4 Å². The fraction of sp³-hybridized carbons (Fsp3) is 0.148. The van der Waals surface area contributed by atoms with Gasteiger partial charge in [-0.1, -0.05) is 41.9 Å². The van der Waals surface area contributed by atoms with Crippen molar-refractivity contribution >= 4 is 29.5 Å². The van der Waals surface area contributed by atoms with Crippen molar-refractivity contribution in [1.82, 2.24) is 14.1 Å². The molecule has 1 N–H and O–H groups in total. The van der Waals surface area contributed by atoms with Crippen LogP contribution in [0.5, 0.6) is 5.75 Å². The Balaban J connectivity index is 1.74. The molecule has 0 aliphatic rings. The van der Waals surface area contributed by atoms with Gasteiger partial charge in [0.2, 0.25) is 0 Å². The van der Waals surface area contributed by atoms with Crippen LogP contribution in [-0.2, 0) is 14.1 Å². The highest BCUT2D eigenvalue weighted by Gasteiger charge is 2.18. The van der Waals surface area contributed by atoms with Gasteiger partial charge in [0.05, 0.1) is 12.1 Å². The van der Waals surface area contributed by atoms with E-state index in [1.54, 1.807) is 24.4 Å². The number of carbonyl (C=O) groups excluding carboxylic acids is 2. The molecule has 2 heterocycles. The summed E-state index contributed by atoms with van der Waals surface area (Å²) in [6, 6.07) is 12.6. The fourth-order valence-corrected chi connectivity index (χ4v) is 4.37. The molecular weight excluding hydrogens is 496 g/mol. The second-order valence-corrected chi connectivity index (χ2v) is 8.71. The summed E-state index contributed by atoms with van der Waals surface area (Å²) in [7, 11) is 4.25. The molecule has 0 aliphatic heterocycles. The number of aryl methyl sites for hydroxylation is 1. The van der Waals surface area contributed by atoms with Crippen molar-refractivity contribution in [3.05, 3.63) is 97.5 Å². The molecule has 0 unspecified atom stereocenters. The second kappa shape index (κ2) is 10.2. The van der Waals surface area contributed by atoms with E-state index in [0.29, 0.717) is 39.4 Å². The standard InChI is InChI=1S/C27H23ClN4O5/c1-15-17(7-6-10-21(15)30-25(34)20-13-31(2)27(36)32(3)26(20)35)19-9-5-8-18(24(19)28)16-11-23(37-4)22(14-33)29-12-16/h5-14H,1-4H3,(H,30,34). The molecule has 9 nitrogen and oxygen atoms in total. The molecule has 0 aliphatic carbocycles. The summed E-state index contributed by atoms with van der Waals surface area (Å²) < 4.78 is 7.33. The van der Waals surface area contributed by atoms with Gasteiger partial charge in [-0.05, 0) is 30.2 Å². The topological polar surface area (TPSA) is 112 Å². The van der Waals surface area contributed by atoms with Crippen LogP contribution < -0.4 is 21.3 Å². The van der Waals surface area contributed by atoms with E-state index in [-0.39, 0.29) is 11.3 Å². The van der Waals surface area contributed by atoms with E-state index in [0.717, 1.165) is 15.7 Å².